The van der Waals surface area contributed by atoms with Gasteiger partial charge in [0.25, 0.3) is 0 Å². The van der Waals surface area contributed by atoms with Crippen LogP contribution in [0.3, 0.4) is 0 Å². The van der Waals surface area contributed by atoms with Crippen molar-refractivity contribution in [3.63, 3.8) is 0 Å². The molecule has 0 spiro atoms. The lowest BCUT2D eigenvalue weighted by atomic mass is 9.86. The summed E-state index contributed by atoms with van der Waals surface area (Å²) < 4.78 is 7.21. The zero-order chi connectivity index (χ0) is 12.4. The molecular weight excluding hydrogens is 290 g/mol. The van der Waals surface area contributed by atoms with Crippen LogP contribution in [0.5, 0.6) is 5.75 Å². The van der Waals surface area contributed by atoms with Crippen LogP contribution < -0.4 is 10.1 Å². The number of nitrogens with one attached hydrogen (secondary N) is 1. The monoisotopic (exact) mass is 309 g/mol. The summed E-state index contributed by atoms with van der Waals surface area (Å²) in [6, 6.07) is 6.44. The van der Waals surface area contributed by atoms with Gasteiger partial charge in [-0.15, -0.1) is 0 Å². The fourth-order valence-electron chi connectivity index (χ4n) is 2.76. The number of rotatable bonds is 4. The molecule has 2 fully saturated rings. The average Bonchev–Trinajstić information content (AvgIpc) is 2.82. The zero-order valence-electron chi connectivity index (χ0n) is 10.6. The molecule has 1 heterocycles. The van der Waals surface area contributed by atoms with Crippen molar-refractivity contribution in [2.24, 2.45) is 5.92 Å². The molecule has 1 aromatic carbocycles. The molecule has 0 bridgehead atoms. The Kier molecular flexibility index (Phi) is 3.90. The maximum atomic E-state index is 6.06. The first kappa shape index (κ1) is 12.5. The third kappa shape index (κ3) is 2.72. The predicted molar refractivity (Wildman–Crippen MR) is 77.2 cm³/mol. The minimum absolute atomic E-state index is 0.610. The van der Waals surface area contributed by atoms with Gasteiger partial charge in [0.05, 0.1) is 6.61 Å². The Labute approximate surface area is 117 Å². The van der Waals surface area contributed by atoms with Crippen molar-refractivity contribution in [3.05, 3.63) is 28.2 Å². The summed E-state index contributed by atoms with van der Waals surface area (Å²) in [6.45, 7) is 3.10. The van der Waals surface area contributed by atoms with Gasteiger partial charge in [-0.3, -0.25) is 0 Å². The van der Waals surface area contributed by atoms with Crippen molar-refractivity contribution in [3.8, 4) is 5.75 Å². The summed E-state index contributed by atoms with van der Waals surface area (Å²) in [7, 11) is 0. The smallest absolute Gasteiger partial charge is 0.122 e. The molecule has 1 unspecified atom stereocenters. The van der Waals surface area contributed by atoms with E-state index in [9.17, 15) is 0 Å². The van der Waals surface area contributed by atoms with Gasteiger partial charge in [-0.2, -0.15) is 0 Å². The van der Waals surface area contributed by atoms with Crippen molar-refractivity contribution < 1.29 is 4.74 Å². The SMILES string of the molecule is Brc1ccc(OCC2CCC2)c(C2CCNC2)c1. The molecule has 1 saturated heterocycles. The second kappa shape index (κ2) is 5.62. The lowest BCUT2D eigenvalue weighted by molar-refractivity contribution is 0.179. The Morgan fingerprint density at radius 1 is 1.28 bits per heavy atom. The third-order valence-corrected chi connectivity index (χ3v) is 4.66. The lowest BCUT2D eigenvalue weighted by Crippen LogP contribution is -2.20. The molecule has 2 nitrogen and oxygen atoms in total. The second-order valence-corrected chi connectivity index (χ2v) is 6.40. The normalized spacial score (nSPS) is 23.9. The summed E-state index contributed by atoms with van der Waals surface area (Å²) in [5.41, 5.74) is 1.37. The van der Waals surface area contributed by atoms with E-state index < -0.39 is 0 Å². The van der Waals surface area contributed by atoms with Crippen LogP contribution in [0.15, 0.2) is 22.7 Å². The van der Waals surface area contributed by atoms with E-state index in [4.69, 9.17) is 4.74 Å². The van der Waals surface area contributed by atoms with Crippen LogP contribution in [-0.2, 0) is 0 Å². The van der Waals surface area contributed by atoms with E-state index in [1.807, 2.05) is 0 Å². The Hall–Kier alpha value is -0.540. The maximum absolute atomic E-state index is 6.06. The number of benzene rings is 1. The van der Waals surface area contributed by atoms with Gasteiger partial charge in [0, 0.05) is 16.9 Å². The van der Waals surface area contributed by atoms with Crippen LogP contribution in [0, 0.1) is 5.92 Å². The molecule has 1 aromatic rings. The highest BCUT2D eigenvalue weighted by atomic mass is 79.9. The third-order valence-electron chi connectivity index (χ3n) is 4.17. The quantitative estimate of drug-likeness (QED) is 0.915. The van der Waals surface area contributed by atoms with E-state index in [1.54, 1.807) is 0 Å². The van der Waals surface area contributed by atoms with Crippen LogP contribution in [-0.4, -0.2) is 19.7 Å². The first-order chi connectivity index (χ1) is 8.83. The zero-order valence-corrected chi connectivity index (χ0v) is 12.2. The number of hydrogen-bond acceptors (Lipinski definition) is 2. The molecule has 1 N–H and O–H groups in total. The van der Waals surface area contributed by atoms with Gasteiger partial charge in [-0.05, 0) is 55.5 Å². The highest BCUT2D eigenvalue weighted by Gasteiger charge is 2.22. The largest absolute Gasteiger partial charge is 0.493 e. The fraction of sp³-hybridized carbons (Fsp3) is 0.600. The van der Waals surface area contributed by atoms with Crippen LogP contribution in [0.25, 0.3) is 0 Å². The molecule has 2 aliphatic rings. The minimum atomic E-state index is 0.610. The van der Waals surface area contributed by atoms with E-state index >= 15 is 0 Å². The molecule has 18 heavy (non-hydrogen) atoms. The molecule has 1 aliphatic carbocycles. The van der Waals surface area contributed by atoms with E-state index in [-0.39, 0.29) is 0 Å². The molecule has 1 saturated carbocycles. The van der Waals surface area contributed by atoms with E-state index in [0.717, 1.165) is 35.8 Å². The molecule has 3 heteroatoms. The summed E-state index contributed by atoms with van der Waals surface area (Å²) in [5, 5.41) is 3.43. The van der Waals surface area contributed by atoms with Crippen LogP contribution in [0.1, 0.15) is 37.2 Å². The predicted octanol–water partition coefficient (Wildman–Crippen LogP) is 3.70. The van der Waals surface area contributed by atoms with Gasteiger partial charge in [0.1, 0.15) is 5.75 Å². The van der Waals surface area contributed by atoms with Crippen molar-refractivity contribution in [1.29, 1.82) is 0 Å². The average molecular weight is 310 g/mol. The minimum Gasteiger partial charge on any atom is -0.493 e. The van der Waals surface area contributed by atoms with Gasteiger partial charge >= 0.3 is 0 Å². The van der Waals surface area contributed by atoms with Crippen molar-refractivity contribution in [2.45, 2.75) is 31.6 Å². The Balaban J connectivity index is 1.73. The summed E-state index contributed by atoms with van der Waals surface area (Å²) in [4.78, 5) is 0. The van der Waals surface area contributed by atoms with Gasteiger partial charge in [-0.1, -0.05) is 22.4 Å². The summed E-state index contributed by atoms with van der Waals surface area (Å²) in [5.74, 6) is 2.50. The summed E-state index contributed by atoms with van der Waals surface area (Å²) >= 11 is 3.57. The molecule has 3 rings (SSSR count). The van der Waals surface area contributed by atoms with Crippen LogP contribution in [0.4, 0.5) is 0 Å². The molecule has 98 valence electrons. The number of hydrogen-bond donors (Lipinski definition) is 1. The standard InChI is InChI=1S/C15H20BrNO/c16-13-4-5-15(18-10-11-2-1-3-11)14(8-13)12-6-7-17-9-12/h4-5,8,11-12,17H,1-3,6-7,9-10H2. The molecule has 1 aliphatic heterocycles. The maximum Gasteiger partial charge on any atom is 0.122 e. The second-order valence-electron chi connectivity index (χ2n) is 5.48. The molecule has 0 radical (unpaired) electrons. The molecule has 0 aromatic heterocycles. The van der Waals surface area contributed by atoms with Gasteiger partial charge < -0.3 is 10.1 Å². The Morgan fingerprint density at radius 2 is 2.17 bits per heavy atom. The topological polar surface area (TPSA) is 21.3 Å². The van der Waals surface area contributed by atoms with Gasteiger partial charge in [0.2, 0.25) is 0 Å². The highest BCUT2D eigenvalue weighted by Crippen LogP contribution is 2.34. The van der Waals surface area contributed by atoms with Crippen LogP contribution >= 0.6 is 15.9 Å². The Morgan fingerprint density at radius 3 is 2.83 bits per heavy atom. The van der Waals surface area contributed by atoms with Crippen molar-refractivity contribution in [2.75, 3.05) is 19.7 Å². The van der Waals surface area contributed by atoms with Crippen LogP contribution in [0.2, 0.25) is 0 Å². The summed E-state index contributed by atoms with van der Waals surface area (Å²) in [6.07, 6.45) is 5.29. The van der Waals surface area contributed by atoms with E-state index in [0.29, 0.717) is 5.92 Å². The number of ether oxygens (including phenoxy) is 1. The fourth-order valence-corrected chi connectivity index (χ4v) is 3.14. The van der Waals surface area contributed by atoms with Gasteiger partial charge in [-0.25, -0.2) is 0 Å². The van der Waals surface area contributed by atoms with Crippen molar-refractivity contribution >= 4 is 15.9 Å². The van der Waals surface area contributed by atoms with E-state index in [2.05, 4.69) is 39.4 Å². The number of halogens is 1. The van der Waals surface area contributed by atoms with Gasteiger partial charge in [0.15, 0.2) is 0 Å². The molecule has 1 atom stereocenters. The Bertz CT molecular complexity index is 411. The molecular formula is C15H20BrNO. The van der Waals surface area contributed by atoms with Crippen molar-refractivity contribution in [1.82, 2.24) is 5.32 Å². The first-order valence-electron chi connectivity index (χ1n) is 6.96. The van der Waals surface area contributed by atoms with E-state index in [1.165, 1.54) is 31.2 Å². The molecule has 0 amide bonds. The highest BCUT2D eigenvalue weighted by molar-refractivity contribution is 9.10. The first-order valence-corrected chi connectivity index (χ1v) is 7.75. The lowest BCUT2D eigenvalue weighted by Gasteiger charge is -2.26.